The van der Waals surface area contributed by atoms with Crippen LogP contribution in [-0.4, -0.2) is 31.2 Å². The van der Waals surface area contributed by atoms with E-state index in [4.69, 9.17) is 4.74 Å². The van der Waals surface area contributed by atoms with E-state index < -0.39 is 11.5 Å². The lowest BCUT2D eigenvalue weighted by Gasteiger charge is -2.50. The van der Waals surface area contributed by atoms with Crippen LogP contribution in [0.3, 0.4) is 0 Å². The molecule has 1 aliphatic heterocycles. The van der Waals surface area contributed by atoms with Gasteiger partial charge < -0.3 is 10.1 Å². The molecule has 1 saturated heterocycles. The van der Waals surface area contributed by atoms with E-state index in [1.807, 2.05) is 0 Å². The van der Waals surface area contributed by atoms with Gasteiger partial charge in [0.2, 0.25) is 0 Å². The Kier molecular flexibility index (Phi) is 1.44. The molecule has 0 bridgehead atoms. The molecule has 1 atom stereocenters. The summed E-state index contributed by atoms with van der Waals surface area (Å²) in [4.78, 5) is 0. The Morgan fingerprint density at radius 2 is 2.09 bits per heavy atom. The highest BCUT2D eigenvalue weighted by Crippen LogP contribution is 2.49. The van der Waals surface area contributed by atoms with Crippen LogP contribution >= 0.6 is 0 Å². The van der Waals surface area contributed by atoms with Gasteiger partial charge >= 0.3 is 0 Å². The zero-order chi connectivity index (χ0) is 7.95. The van der Waals surface area contributed by atoms with Gasteiger partial charge in [-0.2, -0.15) is 0 Å². The molecule has 2 rings (SSSR count). The molecule has 1 spiro atoms. The standard InChI is InChI=1S/C7H11F2NO/c8-7(9)2-1-6(7)5-10-3-4-11-6/h10H,1-5H2. The fourth-order valence-corrected chi connectivity index (χ4v) is 1.65. The largest absolute Gasteiger partial charge is 0.366 e. The first-order valence-corrected chi connectivity index (χ1v) is 3.89. The fourth-order valence-electron chi connectivity index (χ4n) is 1.65. The molecular weight excluding hydrogens is 152 g/mol. The minimum Gasteiger partial charge on any atom is -0.366 e. The molecular formula is C7H11F2NO. The third-order valence-corrected chi connectivity index (χ3v) is 2.58. The van der Waals surface area contributed by atoms with E-state index in [-0.39, 0.29) is 6.42 Å². The van der Waals surface area contributed by atoms with Crippen molar-refractivity contribution in [2.75, 3.05) is 19.7 Å². The number of alkyl halides is 2. The first-order valence-electron chi connectivity index (χ1n) is 3.89. The van der Waals surface area contributed by atoms with Crippen LogP contribution in [0.2, 0.25) is 0 Å². The summed E-state index contributed by atoms with van der Waals surface area (Å²) in [6.07, 6.45) is 0.474. The normalized spacial score (nSPS) is 42.0. The molecule has 11 heavy (non-hydrogen) atoms. The number of hydrogen-bond donors (Lipinski definition) is 1. The van der Waals surface area contributed by atoms with Crippen LogP contribution < -0.4 is 5.32 Å². The van der Waals surface area contributed by atoms with Crippen LogP contribution in [0.1, 0.15) is 12.8 Å². The lowest BCUT2D eigenvalue weighted by Crippen LogP contribution is -2.66. The summed E-state index contributed by atoms with van der Waals surface area (Å²) in [6.45, 7) is 1.41. The minimum absolute atomic E-state index is 0.0192. The Balaban J connectivity index is 2.09. The van der Waals surface area contributed by atoms with Crippen molar-refractivity contribution in [1.82, 2.24) is 5.32 Å². The van der Waals surface area contributed by atoms with Crippen molar-refractivity contribution >= 4 is 0 Å². The topological polar surface area (TPSA) is 21.3 Å². The quantitative estimate of drug-likeness (QED) is 0.569. The molecule has 1 aliphatic carbocycles. The number of halogens is 2. The third-order valence-electron chi connectivity index (χ3n) is 2.58. The van der Waals surface area contributed by atoms with E-state index in [1.165, 1.54) is 0 Å². The first kappa shape index (κ1) is 7.43. The van der Waals surface area contributed by atoms with Crippen molar-refractivity contribution in [3.8, 4) is 0 Å². The summed E-state index contributed by atoms with van der Waals surface area (Å²) in [5.41, 5.74) is -1.15. The average molecular weight is 163 g/mol. The van der Waals surface area contributed by atoms with Gasteiger partial charge in [-0.05, 0) is 6.42 Å². The van der Waals surface area contributed by atoms with Crippen molar-refractivity contribution < 1.29 is 13.5 Å². The third kappa shape index (κ3) is 0.891. The highest BCUT2D eigenvalue weighted by molar-refractivity contribution is 5.07. The van der Waals surface area contributed by atoms with Crippen molar-refractivity contribution in [1.29, 1.82) is 0 Å². The van der Waals surface area contributed by atoms with Crippen LogP contribution in [0, 0.1) is 0 Å². The molecule has 1 heterocycles. The average Bonchev–Trinajstić information content (AvgIpc) is 2.04. The monoisotopic (exact) mass is 163 g/mol. The van der Waals surface area contributed by atoms with Crippen LogP contribution in [0.15, 0.2) is 0 Å². The molecule has 0 aromatic carbocycles. The van der Waals surface area contributed by atoms with Crippen molar-refractivity contribution in [2.24, 2.45) is 0 Å². The van der Waals surface area contributed by atoms with E-state index in [0.29, 0.717) is 26.1 Å². The summed E-state index contributed by atoms with van der Waals surface area (Å²) < 4.78 is 30.9. The van der Waals surface area contributed by atoms with Gasteiger partial charge in [0.25, 0.3) is 5.92 Å². The van der Waals surface area contributed by atoms with Crippen LogP contribution in [-0.2, 0) is 4.74 Å². The fraction of sp³-hybridized carbons (Fsp3) is 1.00. The van der Waals surface area contributed by atoms with Crippen LogP contribution in [0.5, 0.6) is 0 Å². The first-order chi connectivity index (χ1) is 5.16. The van der Waals surface area contributed by atoms with E-state index in [0.717, 1.165) is 0 Å². The number of rotatable bonds is 0. The van der Waals surface area contributed by atoms with E-state index in [9.17, 15) is 8.78 Å². The molecule has 1 unspecified atom stereocenters. The van der Waals surface area contributed by atoms with Crippen molar-refractivity contribution in [3.05, 3.63) is 0 Å². The second-order valence-electron chi connectivity index (χ2n) is 3.22. The molecule has 4 heteroatoms. The van der Waals surface area contributed by atoms with E-state index in [1.54, 1.807) is 0 Å². The Morgan fingerprint density at radius 1 is 1.27 bits per heavy atom. The van der Waals surface area contributed by atoms with Gasteiger partial charge in [0.1, 0.15) is 5.60 Å². The lowest BCUT2D eigenvalue weighted by atomic mass is 9.75. The molecule has 2 fully saturated rings. The van der Waals surface area contributed by atoms with Gasteiger partial charge in [0.15, 0.2) is 0 Å². The van der Waals surface area contributed by atoms with E-state index in [2.05, 4.69) is 5.32 Å². The van der Waals surface area contributed by atoms with Crippen LogP contribution in [0.25, 0.3) is 0 Å². The molecule has 0 amide bonds. The molecule has 0 aromatic heterocycles. The van der Waals surface area contributed by atoms with Gasteiger partial charge in [-0.25, -0.2) is 8.78 Å². The van der Waals surface area contributed by atoms with E-state index >= 15 is 0 Å². The lowest BCUT2D eigenvalue weighted by molar-refractivity contribution is -0.277. The molecule has 1 saturated carbocycles. The van der Waals surface area contributed by atoms with Gasteiger partial charge in [-0.15, -0.1) is 0 Å². The Morgan fingerprint density at radius 3 is 2.36 bits per heavy atom. The zero-order valence-electron chi connectivity index (χ0n) is 6.20. The SMILES string of the molecule is FC1(F)CCC12CNCCO2. The van der Waals surface area contributed by atoms with Crippen molar-refractivity contribution in [3.63, 3.8) is 0 Å². The number of hydrogen-bond acceptors (Lipinski definition) is 2. The Bertz CT molecular complexity index is 166. The highest BCUT2D eigenvalue weighted by atomic mass is 19.3. The highest BCUT2D eigenvalue weighted by Gasteiger charge is 2.63. The molecule has 64 valence electrons. The molecule has 2 nitrogen and oxygen atoms in total. The second-order valence-corrected chi connectivity index (χ2v) is 3.22. The number of ether oxygens (including phenoxy) is 1. The number of nitrogens with one attached hydrogen (secondary N) is 1. The van der Waals surface area contributed by atoms with Gasteiger partial charge in [0, 0.05) is 19.5 Å². The summed E-state index contributed by atoms with van der Waals surface area (Å²) in [6, 6.07) is 0. The maximum Gasteiger partial charge on any atom is 0.277 e. The number of morpholine rings is 1. The Labute approximate surface area is 63.9 Å². The molecule has 0 aromatic rings. The second kappa shape index (κ2) is 2.14. The molecule has 1 N–H and O–H groups in total. The molecule has 0 radical (unpaired) electrons. The van der Waals surface area contributed by atoms with Crippen LogP contribution in [0.4, 0.5) is 8.78 Å². The summed E-state index contributed by atoms with van der Waals surface area (Å²) >= 11 is 0. The van der Waals surface area contributed by atoms with Crippen molar-refractivity contribution in [2.45, 2.75) is 24.4 Å². The maximum atomic E-state index is 12.9. The summed E-state index contributed by atoms with van der Waals surface area (Å²) in [5.74, 6) is -2.60. The summed E-state index contributed by atoms with van der Waals surface area (Å²) in [5, 5.41) is 2.93. The summed E-state index contributed by atoms with van der Waals surface area (Å²) in [7, 11) is 0. The van der Waals surface area contributed by atoms with Gasteiger partial charge in [-0.3, -0.25) is 0 Å². The zero-order valence-corrected chi connectivity index (χ0v) is 6.20. The van der Waals surface area contributed by atoms with Gasteiger partial charge in [-0.1, -0.05) is 0 Å². The predicted octanol–water partition coefficient (Wildman–Crippen LogP) is 0.774. The maximum absolute atomic E-state index is 12.9. The molecule has 2 aliphatic rings. The smallest absolute Gasteiger partial charge is 0.277 e. The minimum atomic E-state index is -2.60. The van der Waals surface area contributed by atoms with Gasteiger partial charge in [0.05, 0.1) is 6.61 Å². The predicted molar refractivity (Wildman–Crippen MR) is 35.7 cm³/mol. The Hall–Kier alpha value is -0.220.